The second-order valence-electron chi connectivity index (χ2n) is 9.00. The van der Waals surface area contributed by atoms with Gasteiger partial charge in [-0.05, 0) is 24.8 Å². The predicted molar refractivity (Wildman–Crippen MR) is 129 cm³/mol. The van der Waals surface area contributed by atoms with E-state index in [1.54, 1.807) is 12.4 Å². The van der Waals surface area contributed by atoms with E-state index in [1.165, 1.54) is 32.1 Å². The zero-order chi connectivity index (χ0) is 23.8. The number of anilines is 1. The number of nitrogens with zero attached hydrogens (tertiary/aromatic N) is 7. The number of nitrogens with one attached hydrogen (secondary N) is 1. The highest BCUT2D eigenvalue weighted by atomic mass is 35.5. The molecule has 4 aromatic rings. The first kappa shape index (κ1) is 22.2. The molecule has 4 aromatic heterocycles. The smallest absolute Gasteiger partial charge is 0.384 e. The minimum atomic E-state index is -0.675. The maximum absolute atomic E-state index is 11.6. The molecule has 0 unspecified atom stereocenters. The molecule has 1 saturated carbocycles. The lowest BCUT2D eigenvalue weighted by Gasteiger charge is -2.30. The first-order chi connectivity index (χ1) is 17.2. The van der Waals surface area contributed by atoms with Gasteiger partial charge in [-0.15, -0.1) is 5.10 Å². The van der Waals surface area contributed by atoms with Crippen LogP contribution in [0.4, 0.5) is 5.95 Å². The molecule has 182 valence electrons. The van der Waals surface area contributed by atoms with Crippen molar-refractivity contribution in [3.05, 3.63) is 34.0 Å². The number of ether oxygens (including phenoxy) is 1. The van der Waals surface area contributed by atoms with Crippen molar-refractivity contribution in [2.45, 2.75) is 38.6 Å². The number of halogens is 1. The molecule has 1 aliphatic carbocycles. The van der Waals surface area contributed by atoms with Gasteiger partial charge in [0.25, 0.3) is 5.89 Å². The van der Waals surface area contributed by atoms with E-state index in [1.807, 2.05) is 6.07 Å². The zero-order valence-electron chi connectivity index (χ0n) is 19.1. The summed E-state index contributed by atoms with van der Waals surface area (Å²) in [6, 6.07) is 1.81. The number of aromatic nitrogens is 7. The molecule has 35 heavy (non-hydrogen) atoms. The standard InChI is InChI=1S/C23H25ClN8O3/c24-16-10-15(11-25-12-16)17-18-19(27-20(26-17)21-29-30-23(33)35-21)28-22(31-6-8-34-9-7-31)32(18)13-14-4-2-1-3-5-14/h10-12,14H,1-9,13H2,(H,30,33). The zero-order valence-corrected chi connectivity index (χ0v) is 19.9. The van der Waals surface area contributed by atoms with E-state index < -0.39 is 5.76 Å². The van der Waals surface area contributed by atoms with E-state index in [9.17, 15) is 4.79 Å². The van der Waals surface area contributed by atoms with Gasteiger partial charge < -0.3 is 18.6 Å². The van der Waals surface area contributed by atoms with Gasteiger partial charge in [0.05, 0.1) is 18.2 Å². The van der Waals surface area contributed by atoms with Crippen molar-refractivity contribution in [2.75, 3.05) is 31.2 Å². The quantitative estimate of drug-likeness (QED) is 0.442. The maximum atomic E-state index is 11.6. The third-order valence-corrected chi connectivity index (χ3v) is 6.86. The number of imidazole rings is 1. The highest BCUT2D eigenvalue weighted by Gasteiger charge is 2.27. The van der Waals surface area contributed by atoms with Crippen molar-refractivity contribution in [3.8, 4) is 23.0 Å². The van der Waals surface area contributed by atoms with Crippen LogP contribution in [0.1, 0.15) is 32.1 Å². The summed E-state index contributed by atoms with van der Waals surface area (Å²) >= 11 is 6.30. The van der Waals surface area contributed by atoms with Gasteiger partial charge in [0.2, 0.25) is 11.8 Å². The summed E-state index contributed by atoms with van der Waals surface area (Å²) in [6.45, 7) is 3.61. The highest BCUT2D eigenvalue weighted by molar-refractivity contribution is 6.30. The monoisotopic (exact) mass is 496 g/mol. The van der Waals surface area contributed by atoms with Gasteiger partial charge in [-0.3, -0.25) is 4.98 Å². The van der Waals surface area contributed by atoms with E-state index in [0.29, 0.717) is 35.5 Å². The third kappa shape index (κ3) is 4.41. The van der Waals surface area contributed by atoms with Crippen LogP contribution in [0.3, 0.4) is 0 Å². The molecule has 11 nitrogen and oxygen atoms in total. The Morgan fingerprint density at radius 2 is 1.91 bits per heavy atom. The number of hydrogen-bond acceptors (Lipinski definition) is 9. The van der Waals surface area contributed by atoms with Gasteiger partial charge in [-0.1, -0.05) is 30.9 Å². The van der Waals surface area contributed by atoms with Crippen molar-refractivity contribution >= 4 is 28.7 Å². The summed E-state index contributed by atoms with van der Waals surface area (Å²) < 4.78 is 13.0. The third-order valence-electron chi connectivity index (χ3n) is 6.65. The summed E-state index contributed by atoms with van der Waals surface area (Å²) in [5.41, 5.74) is 2.66. The molecule has 1 aliphatic heterocycles. The fourth-order valence-corrected chi connectivity index (χ4v) is 5.17. The average Bonchev–Trinajstić information content (AvgIpc) is 3.48. The van der Waals surface area contributed by atoms with Gasteiger partial charge >= 0.3 is 5.76 Å². The SMILES string of the molecule is O=c1[nH]nc(-c2nc(-c3cncc(Cl)c3)c3c(n2)nc(N2CCOCC2)n3CC2CCCCC2)o1. The van der Waals surface area contributed by atoms with Crippen LogP contribution in [-0.2, 0) is 11.3 Å². The maximum Gasteiger partial charge on any atom is 0.434 e. The molecule has 0 bridgehead atoms. The van der Waals surface area contributed by atoms with E-state index in [0.717, 1.165) is 36.7 Å². The minimum Gasteiger partial charge on any atom is -0.384 e. The average molecular weight is 497 g/mol. The van der Waals surface area contributed by atoms with Gasteiger partial charge in [-0.2, -0.15) is 4.98 Å². The minimum absolute atomic E-state index is 0.00268. The van der Waals surface area contributed by atoms with Gasteiger partial charge in [-0.25, -0.2) is 19.9 Å². The van der Waals surface area contributed by atoms with E-state index in [-0.39, 0.29) is 11.7 Å². The Morgan fingerprint density at radius 3 is 2.66 bits per heavy atom. The normalized spacial score (nSPS) is 17.3. The van der Waals surface area contributed by atoms with Crippen LogP contribution < -0.4 is 10.7 Å². The van der Waals surface area contributed by atoms with Crippen molar-refractivity contribution in [1.29, 1.82) is 0 Å². The number of rotatable bonds is 5. The second-order valence-corrected chi connectivity index (χ2v) is 9.44. The van der Waals surface area contributed by atoms with Crippen molar-refractivity contribution in [3.63, 3.8) is 0 Å². The lowest BCUT2D eigenvalue weighted by molar-refractivity contribution is 0.121. The first-order valence-corrected chi connectivity index (χ1v) is 12.3. The van der Waals surface area contributed by atoms with Gasteiger partial charge in [0.15, 0.2) is 5.65 Å². The summed E-state index contributed by atoms with van der Waals surface area (Å²) in [5, 5.41) is 6.69. The molecule has 1 N–H and O–H groups in total. The van der Waals surface area contributed by atoms with Crippen LogP contribution in [-0.4, -0.2) is 61.0 Å². The largest absolute Gasteiger partial charge is 0.434 e. The van der Waals surface area contributed by atoms with Crippen LogP contribution >= 0.6 is 11.6 Å². The van der Waals surface area contributed by atoms with Gasteiger partial charge in [0, 0.05) is 37.6 Å². The molecule has 0 radical (unpaired) electrons. The second kappa shape index (κ2) is 9.38. The molecule has 5 heterocycles. The fourth-order valence-electron chi connectivity index (χ4n) is 4.99. The van der Waals surface area contributed by atoms with Crippen LogP contribution in [0.25, 0.3) is 34.1 Å². The van der Waals surface area contributed by atoms with Crippen molar-refractivity contribution in [2.24, 2.45) is 5.92 Å². The van der Waals surface area contributed by atoms with Crippen LogP contribution in [0.2, 0.25) is 5.02 Å². The van der Waals surface area contributed by atoms with E-state index in [2.05, 4.69) is 29.6 Å². The highest BCUT2D eigenvalue weighted by Crippen LogP contribution is 2.35. The van der Waals surface area contributed by atoms with E-state index >= 15 is 0 Å². The Bertz CT molecular complexity index is 1400. The Balaban J connectivity index is 1.58. The van der Waals surface area contributed by atoms with Crippen molar-refractivity contribution in [1.82, 2.24) is 34.7 Å². The Labute approximate surface area is 205 Å². The summed E-state index contributed by atoms with van der Waals surface area (Å²) in [6.07, 6.45) is 9.45. The molecule has 6 rings (SSSR count). The number of pyridine rings is 1. The molecule has 0 spiro atoms. The van der Waals surface area contributed by atoms with Gasteiger partial charge in [0.1, 0.15) is 11.2 Å². The van der Waals surface area contributed by atoms with Crippen molar-refractivity contribution < 1.29 is 9.15 Å². The lowest BCUT2D eigenvalue weighted by Crippen LogP contribution is -2.38. The molecular weight excluding hydrogens is 472 g/mol. The number of hydrogen-bond donors (Lipinski definition) is 1. The molecule has 2 fully saturated rings. The number of H-pyrrole nitrogens is 1. The Kier molecular flexibility index (Phi) is 5.95. The van der Waals surface area contributed by atoms with Crippen LogP contribution in [0.15, 0.2) is 27.7 Å². The number of aromatic amines is 1. The fraction of sp³-hybridized carbons (Fsp3) is 0.478. The Morgan fingerprint density at radius 1 is 1.09 bits per heavy atom. The lowest BCUT2D eigenvalue weighted by atomic mass is 9.89. The number of morpholine rings is 1. The molecule has 0 amide bonds. The number of fused-ring (bicyclic) bond motifs is 1. The molecule has 2 aliphatic rings. The molecule has 12 heteroatoms. The van der Waals surface area contributed by atoms with Crippen LogP contribution in [0.5, 0.6) is 0 Å². The Hall–Kier alpha value is -3.31. The molecule has 1 saturated heterocycles. The molecule has 0 atom stereocenters. The first-order valence-electron chi connectivity index (χ1n) is 11.9. The van der Waals surface area contributed by atoms with Crippen LogP contribution in [0, 0.1) is 5.92 Å². The summed E-state index contributed by atoms with van der Waals surface area (Å²) in [7, 11) is 0. The summed E-state index contributed by atoms with van der Waals surface area (Å²) in [4.78, 5) is 32.5. The summed E-state index contributed by atoms with van der Waals surface area (Å²) in [5.74, 6) is 0.895. The predicted octanol–water partition coefficient (Wildman–Crippen LogP) is 3.30. The van der Waals surface area contributed by atoms with E-state index in [4.69, 9.17) is 30.7 Å². The molecular formula is C23H25ClN8O3. The molecule has 0 aromatic carbocycles. The topological polar surface area (TPSA) is 128 Å².